The zero-order valence-corrected chi connectivity index (χ0v) is 19.0. The molecule has 0 unspecified atom stereocenters. The summed E-state index contributed by atoms with van der Waals surface area (Å²) in [5.41, 5.74) is -0.288. The molecule has 1 saturated carbocycles. The molecule has 34 heavy (non-hydrogen) atoms. The van der Waals surface area contributed by atoms with Gasteiger partial charge in [-0.05, 0) is 31.0 Å². The van der Waals surface area contributed by atoms with Gasteiger partial charge in [0.25, 0.3) is 5.91 Å². The molecular formula is C22H27F3N6O3. The third-order valence-electron chi connectivity index (χ3n) is 5.51. The first-order valence-electron chi connectivity index (χ1n) is 10.8. The summed E-state index contributed by atoms with van der Waals surface area (Å²) in [4.78, 5) is 31.3. The molecule has 0 spiro atoms. The fourth-order valence-electron chi connectivity index (χ4n) is 3.87. The summed E-state index contributed by atoms with van der Waals surface area (Å²) in [5, 5.41) is 11.1. The van der Waals surface area contributed by atoms with Crippen LogP contribution in [0.25, 0.3) is 0 Å². The SMILES string of the molecule is CNC(=O)c1ccc(Nc2ncc(C(F)(F)F)c(N[C@@H]3CCCC[C@H]3NC(C)=O)n2)c(OC)c1. The van der Waals surface area contributed by atoms with Crippen molar-refractivity contribution in [1.82, 2.24) is 20.6 Å². The Morgan fingerprint density at radius 1 is 1.15 bits per heavy atom. The van der Waals surface area contributed by atoms with Crippen molar-refractivity contribution in [2.45, 2.75) is 50.9 Å². The minimum atomic E-state index is -4.67. The number of aromatic nitrogens is 2. The molecule has 0 radical (unpaired) electrons. The minimum Gasteiger partial charge on any atom is -0.495 e. The predicted octanol–water partition coefficient (Wildman–Crippen LogP) is 3.47. The molecule has 1 aliphatic rings. The number of carbonyl (C=O) groups is 2. The molecule has 3 rings (SSSR count). The fraction of sp³-hybridized carbons (Fsp3) is 0.455. The van der Waals surface area contributed by atoms with Gasteiger partial charge in [0, 0.05) is 37.8 Å². The Kier molecular flexibility index (Phi) is 7.79. The lowest BCUT2D eigenvalue weighted by molar-refractivity contribution is -0.137. The highest BCUT2D eigenvalue weighted by molar-refractivity contribution is 5.95. The van der Waals surface area contributed by atoms with Gasteiger partial charge < -0.3 is 26.0 Å². The first kappa shape index (κ1) is 25.1. The molecule has 0 aliphatic heterocycles. The van der Waals surface area contributed by atoms with Crippen molar-refractivity contribution in [1.29, 1.82) is 0 Å². The maximum atomic E-state index is 13.7. The summed E-state index contributed by atoms with van der Waals surface area (Å²) in [6, 6.07) is 3.85. The van der Waals surface area contributed by atoms with E-state index in [4.69, 9.17) is 4.74 Å². The van der Waals surface area contributed by atoms with Crippen LogP contribution in [0.2, 0.25) is 0 Å². The summed E-state index contributed by atoms with van der Waals surface area (Å²) in [6.07, 6.45) is -1.03. The molecule has 2 atom stereocenters. The first-order valence-corrected chi connectivity index (χ1v) is 10.8. The Labute approximate surface area is 194 Å². The van der Waals surface area contributed by atoms with Crippen LogP contribution in [0.5, 0.6) is 5.75 Å². The molecule has 12 heteroatoms. The van der Waals surface area contributed by atoms with Crippen molar-refractivity contribution in [2.75, 3.05) is 24.8 Å². The predicted molar refractivity (Wildman–Crippen MR) is 120 cm³/mol. The van der Waals surface area contributed by atoms with Crippen LogP contribution in [0.1, 0.15) is 48.5 Å². The molecule has 184 valence electrons. The Hall–Kier alpha value is -3.57. The van der Waals surface area contributed by atoms with Crippen LogP contribution in [0, 0.1) is 0 Å². The van der Waals surface area contributed by atoms with Gasteiger partial charge in [-0.25, -0.2) is 4.98 Å². The van der Waals surface area contributed by atoms with Crippen molar-refractivity contribution in [3.8, 4) is 5.75 Å². The summed E-state index contributed by atoms with van der Waals surface area (Å²) >= 11 is 0. The van der Waals surface area contributed by atoms with Crippen LogP contribution in [-0.4, -0.2) is 48.0 Å². The Morgan fingerprint density at radius 3 is 2.47 bits per heavy atom. The topological polar surface area (TPSA) is 117 Å². The molecule has 2 aromatic rings. The summed E-state index contributed by atoms with van der Waals surface area (Å²) < 4.78 is 46.3. The van der Waals surface area contributed by atoms with Gasteiger partial charge in [-0.2, -0.15) is 18.2 Å². The van der Waals surface area contributed by atoms with E-state index in [9.17, 15) is 22.8 Å². The number of rotatable bonds is 7. The summed E-state index contributed by atoms with van der Waals surface area (Å²) in [5.74, 6) is -0.742. The van der Waals surface area contributed by atoms with Gasteiger partial charge >= 0.3 is 6.18 Å². The Balaban J connectivity index is 1.91. The largest absolute Gasteiger partial charge is 0.495 e. The highest BCUT2D eigenvalue weighted by Gasteiger charge is 2.37. The highest BCUT2D eigenvalue weighted by Crippen LogP contribution is 2.36. The number of amides is 2. The molecule has 0 bridgehead atoms. The van der Waals surface area contributed by atoms with Crippen LogP contribution < -0.4 is 26.0 Å². The molecule has 0 saturated heterocycles. The number of hydrogen-bond acceptors (Lipinski definition) is 7. The van der Waals surface area contributed by atoms with Gasteiger partial charge in [-0.3, -0.25) is 9.59 Å². The summed E-state index contributed by atoms with van der Waals surface area (Å²) in [6.45, 7) is 1.38. The number of methoxy groups -OCH3 is 1. The molecule has 2 amide bonds. The Morgan fingerprint density at radius 2 is 1.85 bits per heavy atom. The van der Waals surface area contributed by atoms with Gasteiger partial charge in [0.1, 0.15) is 17.1 Å². The van der Waals surface area contributed by atoms with Gasteiger partial charge in [0.15, 0.2) is 0 Å². The van der Waals surface area contributed by atoms with E-state index in [-0.39, 0.29) is 35.4 Å². The standard InChI is InChI=1S/C22H27F3N6O3/c1-12(32)28-15-6-4-5-7-16(15)29-19-14(22(23,24)25)11-27-21(31-19)30-17-9-8-13(20(33)26-2)10-18(17)34-3/h8-11,15-16H,4-7H2,1-3H3,(H,26,33)(H,28,32)(H2,27,29,30,31)/t15-,16-/m1/s1. The van der Waals surface area contributed by atoms with Crippen molar-refractivity contribution < 1.29 is 27.5 Å². The molecule has 1 aromatic heterocycles. The van der Waals surface area contributed by atoms with Crippen molar-refractivity contribution in [2.24, 2.45) is 0 Å². The number of hydrogen-bond donors (Lipinski definition) is 4. The van der Waals surface area contributed by atoms with Gasteiger partial charge in [-0.15, -0.1) is 0 Å². The van der Waals surface area contributed by atoms with E-state index in [1.165, 1.54) is 33.2 Å². The third kappa shape index (κ3) is 6.06. The van der Waals surface area contributed by atoms with Crippen molar-refractivity contribution in [3.05, 3.63) is 35.5 Å². The smallest absolute Gasteiger partial charge is 0.421 e. The summed E-state index contributed by atoms with van der Waals surface area (Å²) in [7, 11) is 2.90. The normalized spacial score (nSPS) is 18.1. The van der Waals surface area contributed by atoms with E-state index in [0.29, 0.717) is 30.3 Å². The van der Waals surface area contributed by atoms with E-state index in [1.54, 1.807) is 6.07 Å². The fourth-order valence-corrected chi connectivity index (χ4v) is 3.87. The van der Waals surface area contributed by atoms with Crippen LogP contribution in [-0.2, 0) is 11.0 Å². The van der Waals surface area contributed by atoms with Gasteiger partial charge in [-0.1, -0.05) is 12.8 Å². The Bertz CT molecular complexity index is 1050. The number of carbonyl (C=O) groups excluding carboxylic acids is 2. The van der Waals surface area contributed by atoms with Crippen molar-refractivity contribution in [3.63, 3.8) is 0 Å². The lowest BCUT2D eigenvalue weighted by Gasteiger charge is -2.33. The van der Waals surface area contributed by atoms with E-state index in [1.807, 2.05) is 0 Å². The van der Waals surface area contributed by atoms with Crippen molar-refractivity contribution >= 4 is 29.3 Å². The van der Waals surface area contributed by atoms with Gasteiger partial charge in [0.05, 0.1) is 12.8 Å². The number of nitrogens with zero attached hydrogens (tertiary/aromatic N) is 2. The monoisotopic (exact) mass is 480 g/mol. The third-order valence-corrected chi connectivity index (χ3v) is 5.51. The number of alkyl halides is 3. The van der Waals surface area contributed by atoms with Crippen LogP contribution in [0.3, 0.4) is 0 Å². The van der Waals surface area contributed by atoms with E-state index >= 15 is 0 Å². The number of benzene rings is 1. The van der Waals surface area contributed by atoms with E-state index < -0.39 is 17.8 Å². The van der Waals surface area contributed by atoms with Gasteiger partial charge in [0.2, 0.25) is 11.9 Å². The average Bonchev–Trinajstić information content (AvgIpc) is 2.79. The molecule has 1 aliphatic carbocycles. The minimum absolute atomic E-state index is 0.0895. The number of anilines is 3. The van der Waals surface area contributed by atoms with Crippen LogP contribution >= 0.6 is 0 Å². The van der Waals surface area contributed by atoms with E-state index in [2.05, 4.69) is 31.2 Å². The second-order valence-electron chi connectivity index (χ2n) is 7.92. The lowest BCUT2D eigenvalue weighted by Crippen LogP contribution is -2.48. The molecule has 1 aromatic carbocycles. The second-order valence-corrected chi connectivity index (χ2v) is 7.92. The average molecular weight is 480 g/mol. The highest BCUT2D eigenvalue weighted by atomic mass is 19.4. The van der Waals surface area contributed by atoms with Crippen LogP contribution in [0.4, 0.5) is 30.6 Å². The molecule has 4 N–H and O–H groups in total. The molecule has 1 fully saturated rings. The lowest BCUT2D eigenvalue weighted by atomic mass is 9.90. The number of nitrogens with one attached hydrogen (secondary N) is 4. The zero-order valence-electron chi connectivity index (χ0n) is 19.0. The maximum absolute atomic E-state index is 13.7. The first-order chi connectivity index (χ1) is 16.1. The number of halogens is 3. The molecule has 1 heterocycles. The molecular weight excluding hydrogens is 453 g/mol. The second kappa shape index (κ2) is 10.6. The van der Waals surface area contributed by atoms with E-state index in [0.717, 1.165) is 12.8 Å². The zero-order chi connectivity index (χ0) is 24.9. The van der Waals surface area contributed by atoms with Crippen LogP contribution in [0.15, 0.2) is 24.4 Å². The molecule has 9 nitrogen and oxygen atoms in total. The number of ether oxygens (including phenoxy) is 1. The maximum Gasteiger partial charge on any atom is 0.421 e. The quantitative estimate of drug-likeness (QED) is 0.479.